The van der Waals surface area contributed by atoms with Crippen LogP contribution in [0.1, 0.15) is 18.5 Å². The fourth-order valence-corrected chi connectivity index (χ4v) is 4.89. The van der Waals surface area contributed by atoms with Gasteiger partial charge >= 0.3 is 0 Å². The summed E-state index contributed by atoms with van der Waals surface area (Å²) in [6.07, 6.45) is 0. The summed E-state index contributed by atoms with van der Waals surface area (Å²) < 4.78 is 33.7. The standard InChI is InChI=1S/C21H19ClN2O5S/c1-15(16-5-3-8-20(13-16)29-2)23(19-7-4-6-17(22)14-19)30(27,28)21-11-9-18(10-12-21)24(25)26/h3-15H,1-2H3/t15-/m0/s1. The highest BCUT2D eigenvalue weighted by molar-refractivity contribution is 7.92. The Labute approximate surface area is 179 Å². The van der Waals surface area contributed by atoms with E-state index in [4.69, 9.17) is 16.3 Å². The Bertz CT molecular complexity index is 1170. The van der Waals surface area contributed by atoms with Gasteiger partial charge in [-0.1, -0.05) is 29.8 Å². The van der Waals surface area contributed by atoms with Gasteiger partial charge in [0, 0.05) is 17.2 Å². The van der Waals surface area contributed by atoms with Crippen LogP contribution in [0.5, 0.6) is 5.75 Å². The van der Waals surface area contributed by atoms with Crippen molar-refractivity contribution >= 4 is 33.0 Å². The van der Waals surface area contributed by atoms with E-state index >= 15 is 0 Å². The minimum atomic E-state index is -4.07. The van der Waals surface area contributed by atoms with Crippen molar-refractivity contribution in [3.8, 4) is 5.75 Å². The van der Waals surface area contributed by atoms with Gasteiger partial charge in [0.05, 0.1) is 28.7 Å². The summed E-state index contributed by atoms with van der Waals surface area (Å²) >= 11 is 6.12. The van der Waals surface area contributed by atoms with Crippen LogP contribution in [0, 0.1) is 10.1 Å². The highest BCUT2D eigenvalue weighted by Gasteiger charge is 2.31. The van der Waals surface area contributed by atoms with Crippen LogP contribution >= 0.6 is 11.6 Å². The van der Waals surface area contributed by atoms with E-state index in [1.54, 1.807) is 55.5 Å². The van der Waals surface area contributed by atoms with E-state index in [-0.39, 0.29) is 10.6 Å². The highest BCUT2D eigenvalue weighted by atomic mass is 35.5. The van der Waals surface area contributed by atoms with Crippen LogP contribution in [0.25, 0.3) is 0 Å². The summed E-state index contributed by atoms with van der Waals surface area (Å²) in [5.74, 6) is 0.595. The number of nitro benzene ring substituents is 1. The maximum absolute atomic E-state index is 13.6. The fraction of sp³-hybridized carbons (Fsp3) is 0.143. The number of benzene rings is 3. The Balaban J connectivity index is 2.14. The number of non-ortho nitro benzene ring substituents is 1. The fourth-order valence-electron chi connectivity index (χ4n) is 3.07. The smallest absolute Gasteiger partial charge is 0.269 e. The van der Waals surface area contributed by atoms with Crippen LogP contribution in [-0.4, -0.2) is 20.5 Å². The summed E-state index contributed by atoms with van der Waals surface area (Å²) in [7, 11) is -2.54. The van der Waals surface area contributed by atoms with Gasteiger partial charge in [-0.05, 0) is 55.0 Å². The minimum absolute atomic E-state index is 0.0668. The van der Waals surface area contributed by atoms with Gasteiger partial charge in [-0.25, -0.2) is 8.42 Å². The molecular formula is C21H19ClN2O5S. The summed E-state index contributed by atoms with van der Waals surface area (Å²) in [6.45, 7) is 1.75. The lowest BCUT2D eigenvalue weighted by Crippen LogP contribution is -2.33. The van der Waals surface area contributed by atoms with E-state index in [0.717, 1.165) is 0 Å². The molecule has 0 saturated carbocycles. The Morgan fingerprint density at radius 1 is 1.03 bits per heavy atom. The number of halogens is 1. The second kappa shape index (κ2) is 8.73. The molecule has 7 nitrogen and oxygen atoms in total. The van der Waals surface area contributed by atoms with Gasteiger partial charge in [0.2, 0.25) is 0 Å². The van der Waals surface area contributed by atoms with E-state index in [1.807, 2.05) is 0 Å². The number of anilines is 1. The van der Waals surface area contributed by atoms with Gasteiger partial charge in [0.15, 0.2) is 0 Å². The highest BCUT2D eigenvalue weighted by Crippen LogP contribution is 2.35. The zero-order valence-corrected chi connectivity index (χ0v) is 17.8. The second-order valence-corrected chi connectivity index (χ2v) is 8.74. The van der Waals surface area contributed by atoms with Crippen LogP contribution in [0.3, 0.4) is 0 Å². The molecule has 3 aromatic carbocycles. The van der Waals surface area contributed by atoms with Crippen molar-refractivity contribution in [3.63, 3.8) is 0 Å². The lowest BCUT2D eigenvalue weighted by molar-refractivity contribution is -0.384. The first-order chi connectivity index (χ1) is 14.2. The summed E-state index contributed by atoms with van der Waals surface area (Å²) in [5, 5.41) is 11.3. The van der Waals surface area contributed by atoms with E-state index < -0.39 is 21.0 Å². The number of rotatable bonds is 7. The van der Waals surface area contributed by atoms with Gasteiger partial charge in [-0.3, -0.25) is 14.4 Å². The van der Waals surface area contributed by atoms with Crippen molar-refractivity contribution in [2.24, 2.45) is 0 Å². The number of nitro groups is 1. The minimum Gasteiger partial charge on any atom is -0.497 e. The number of methoxy groups -OCH3 is 1. The third-order valence-corrected chi connectivity index (χ3v) is 6.74. The Morgan fingerprint density at radius 3 is 2.30 bits per heavy atom. The zero-order chi connectivity index (χ0) is 21.9. The number of hydrogen-bond acceptors (Lipinski definition) is 5. The number of hydrogen-bond donors (Lipinski definition) is 0. The predicted octanol–water partition coefficient (Wildman–Crippen LogP) is 5.21. The number of sulfonamides is 1. The Morgan fingerprint density at radius 2 is 1.70 bits per heavy atom. The van der Waals surface area contributed by atoms with Crippen molar-refractivity contribution in [1.82, 2.24) is 0 Å². The van der Waals surface area contributed by atoms with Crippen molar-refractivity contribution < 1.29 is 18.1 Å². The van der Waals surface area contributed by atoms with Gasteiger partial charge in [-0.15, -0.1) is 0 Å². The van der Waals surface area contributed by atoms with Crippen molar-refractivity contribution in [3.05, 3.63) is 93.5 Å². The molecule has 0 heterocycles. The molecule has 9 heteroatoms. The molecule has 0 saturated heterocycles. The molecule has 3 rings (SSSR count). The van der Waals surface area contributed by atoms with Crippen LogP contribution in [0.2, 0.25) is 5.02 Å². The van der Waals surface area contributed by atoms with E-state index in [2.05, 4.69) is 0 Å². The molecule has 156 valence electrons. The molecule has 0 fully saturated rings. The molecule has 0 N–H and O–H groups in total. The van der Waals surface area contributed by atoms with Gasteiger partial charge in [-0.2, -0.15) is 0 Å². The van der Waals surface area contributed by atoms with Crippen LogP contribution in [0.15, 0.2) is 77.7 Å². The van der Waals surface area contributed by atoms with Crippen LogP contribution in [0.4, 0.5) is 11.4 Å². The molecule has 0 spiro atoms. The first-order valence-corrected chi connectivity index (χ1v) is 10.7. The number of nitrogens with zero attached hydrogens (tertiary/aromatic N) is 2. The van der Waals surface area contributed by atoms with E-state index in [9.17, 15) is 18.5 Å². The molecule has 0 unspecified atom stereocenters. The molecule has 30 heavy (non-hydrogen) atoms. The van der Waals surface area contributed by atoms with Gasteiger partial charge in [0.1, 0.15) is 5.75 Å². The van der Waals surface area contributed by atoms with Crippen molar-refractivity contribution in [2.75, 3.05) is 11.4 Å². The summed E-state index contributed by atoms with van der Waals surface area (Å²) in [5.41, 5.74) is 0.889. The largest absolute Gasteiger partial charge is 0.497 e. The maximum Gasteiger partial charge on any atom is 0.269 e. The molecule has 0 radical (unpaired) electrons. The molecule has 1 atom stereocenters. The zero-order valence-electron chi connectivity index (χ0n) is 16.2. The first kappa shape index (κ1) is 21.6. The third-order valence-electron chi connectivity index (χ3n) is 4.59. The SMILES string of the molecule is COc1cccc([C@H](C)N(c2cccc(Cl)c2)S(=O)(=O)c2ccc([N+](=O)[O-])cc2)c1. The van der Waals surface area contributed by atoms with Crippen LogP contribution < -0.4 is 9.04 Å². The molecule has 0 amide bonds. The average Bonchev–Trinajstić information content (AvgIpc) is 2.73. The van der Waals surface area contributed by atoms with Crippen LogP contribution in [-0.2, 0) is 10.0 Å². The lowest BCUT2D eigenvalue weighted by Gasteiger charge is -2.31. The molecule has 0 aliphatic heterocycles. The quantitative estimate of drug-likeness (QED) is 0.367. The lowest BCUT2D eigenvalue weighted by atomic mass is 10.1. The van der Waals surface area contributed by atoms with Crippen molar-refractivity contribution in [2.45, 2.75) is 17.9 Å². The maximum atomic E-state index is 13.6. The summed E-state index contributed by atoms with van der Waals surface area (Å²) in [6, 6.07) is 17.8. The van der Waals surface area contributed by atoms with Gasteiger partial charge < -0.3 is 4.74 Å². The monoisotopic (exact) mass is 446 g/mol. The topological polar surface area (TPSA) is 89.8 Å². The molecule has 3 aromatic rings. The first-order valence-electron chi connectivity index (χ1n) is 8.92. The molecule has 0 aromatic heterocycles. The Hall–Kier alpha value is -3.10. The third kappa shape index (κ3) is 4.39. The normalized spacial score (nSPS) is 12.2. The molecule has 0 aliphatic carbocycles. The molecule has 0 bridgehead atoms. The van der Waals surface area contributed by atoms with Gasteiger partial charge in [0.25, 0.3) is 15.7 Å². The van der Waals surface area contributed by atoms with E-state index in [0.29, 0.717) is 22.0 Å². The molecule has 0 aliphatic rings. The molecular weight excluding hydrogens is 428 g/mol. The van der Waals surface area contributed by atoms with Crippen molar-refractivity contribution in [1.29, 1.82) is 0 Å². The second-order valence-electron chi connectivity index (χ2n) is 6.48. The average molecular weight is 447 g/mol. The van der Waals surface area contributed by atoms with E-state index in [1.165, 1.54) is 35.7 Å². The predicted molar refractivity (Wildman–Crippen MR) is 116 cm³/mol. The number of ether oxygens (including phenoxy) is 1. The summed E-state index contributed by atoms with van der Waals surface area (Å²) in [4.78, 5) is 10.3. The Kier molecular flexibility index (Phi) is 6.28.